The third-order valence-electron chi connectivity index (χ3n) is 3.82. The van der Waals surface area contributed by atoms with Crippen LogP contribution in [0.2, 0.25) is 0 Å². The van der Waals surface area contributed by atoms with Gasteiger partial charge in [0.05, 0.1) is 14.2 Å². The standard InChI is InChI=1S/C17H20N4O3/c1-12-18-8-10-21(12)9-4-5-16-19-17(20-24-16)13-6-7-14(22-2)15(11-13)23-3/h6-8,10-11H,4-5,9H2,1-3H3. The number of benzene rings is 1. The lowest BCUT2D eigenvalue weighted by atomic mass is 10.2. The van der Waals surface area contributed by atoms with Crippen molar-refractivity contribution in [3.63, 3.8) is 0 Å². The van der Waals surface area contributed by atoms with E-state index in [-0.39, 0.29) is 0 Å². The van der Waals surface area contributed by atoms with Gasteiger partial charge in [0.1, 0.15) is 5.82 Å². The van der Waals surface area contributed by atoms with Crippen molar-refractivity contribution in [3.8, 4) is 22.9 Å². The predicted octanol–water partition coefficient (Wildman–Crippen LogP) is 2.89. The molecular formula is C17H20N4O3. The van der Waals surface area contributed by atoms with Crippen molar-refractivity contribution in [1.29, 1.82) is 0 Å². The molecule has 24 heavy (non-hydrogen) atoms. The van der Waals surface area contributed by atoms with E-state index in [2.05, 4.69) is 19.7 Å². The lowest BCUT2D eigenvalue weighted by molar-refractivity contribution is 0.355. The number of imidazole rings is 1. The van der Waals surface area contributed by atoms with Gasteiger partial charge in [0.2, 0.25) is 11.7 Å². The number of rotatable bonds is 7. The fourth-order valence-corrected chi connectivity index (χ4v) is 2.49. The van der Waals surface area contributed by atoms with Crippen molar-refractivity contribution in [2.24, 2.45) is 0 Å². The van der Waals surface area contributed by atoms with Crippen LogP contribution in [0, 0.1) is 6.92 Å². The Balaban J connectivity index is 1.66. The number of ether oxygens (including phenoxy) is 2. The van der Waals surface area contributed by atoms with Crippen molar-refractivity contribution in [3.05, 3.63) is 42.3 Å². The Morgan fingerprint density at radius 2 is 2.00 bits per heavy atom. The molecule has 0 aliphatic carbocycles. The highest BCUT2D eigenvalue weighted by Crippen LogP contribution is 2.31. The van der Waals surface area contributed by atoms with E-state index in [9.17, 15) is 0 Å². The summed E-state index contributed by atoms with van der Waals surface area (Å²) in [5, 5.41) is 4.05. The topological polar surface area (TPSA) is 75.2 Å². The van der Waals surface area contributed by atoms with Gasteiger partial charge in [-0.3, -0.25) is 0 Å². The lowest BCUT2D eigenvalue weighted by Crippen LogP contribution is -2.00. The molecule has 3 aromatic rings. The molecule has 1 aromatic carbocycles. The monoisotopic (exact) mass is 328 g/mol. The Morgan fingerprint density at radius 3 is 2.71 bits per heavy atom. The zero-order valence-corrected chi connectivity index (χ0v) is 14.0. The van der Waals surface area contributed by atoms with Gasteiger partial charge in [0.15, 0.2) is 11.5 Å². The van der Waals surface area contributed by atoms with Crippen molar-refractivity contribution >= 4 is 0 Å². The Morgan fingerprint density at radius 1 is 1.17 bits per heavy atom. The zero-order chi connectivity index (χ0) is 16.9. The average molecular weight is 328 g/mol. The molecule has 7 nitrogen and oxygen atoms in total. The molecule has 0 atom stereocenters. The number of hydrogen-bond donors (Lipinski definition) is 0. The Hall–Kier alpha value is -2.83. The Labute approximate surface area is 140 Å². The second-order valence-electron chi connectivity index (χ2n) is 5.35. The summed E-state index contributed by atoms with van der Waals surface area (Å²) in [6, 6.07) is 5.54. The maximum absolute atomic E-state index is 5.34. The van der Waals surface area contributed by atoms with Crippen LogP contribution in [-0.4, -0.2) is 33.9 Å². The normalized spacial score (nSPS) is 10.8. The van der Waals surface area contributed by atoms with Crippen LogP contribution in [-0.2, 0) is 13.0 Å². The molecule has 0 saturated carbocycles. The van der Waals surface area contributed by atoms with E-state index < -0.39 is 0 Å². The van der Waals surface area contributed by atoms with E-state index in [1.165, 1.54) is 0 Å². The van der Waals surface area contributed by atoms with Crippen molar-refractivity contribution in [1.82, 2.24) is 19.7 Å². The number of methoxy groups -OCH3 is 2. The first-order chi connectivity index (χ1) is 11.7. The van der Waals surface area contributed by atoms with Crippen molar-refractivity contribution < 1.29 is 14.0 Å². The molecule has 0 unspecified atom stereocenters. The molecule has 0 aliphatic heterocycles. The molecule has 2 aromatic heterocycles. The average Bonchev–Trinajstić information content (AvgIpc) is 3.24. The first-order valence-electron chi connectivity index (χ1n) is 7.74. The van der Waals surface area contributed by atoms with E-state index in [4.69, 9.17) is 14.0 Å². The molecule has 0 amide bonds. The third kappa shape index (κ3) is 3.40. The van der Waals surface area contributed by atoms with Gasteiger partial charge in [-0.05, 0) is 31.5 Å². The SMILES string of the molecule is COc1ccc(-c2noc(CCCn3ccnc3C)n2)cc1OC. The Bertz CT molecular complexity index is 810. The van der Waals surface area contributed by atoms with E-state index in [0.717, 1.165) is 30.8 Å². The highest BCUT2D eigenvalue weighted by atomic mass is 16.5. The molecule has 0 bridgehead atoms. The van der Waals surface area contributed by atoms with E-state index >= 15 is 0 Å². The van der Waals surface area contributed by atoms with E-state index in [1.807, 2.05) is 31.3 Å². The smallest absolute Gasteiger partial charge is 0.227 e. The molecule has 0 N–H and O–H groups in total. The molecule has 3 rings (SSSR count). The van der Waals surface area contributed by atoms with Crippen LogP contribution >= 0.6 is 0 Å². The summed E-state index contributed by atoms with van der Waals surface area (Å²) in [5.41, 5.74) is 0.827. The van der Waals surface area contributed by atoms with Crippen LogP contribution in [0.4, 0.5) is 0 Å². The van der Waals surface area contributed by atoms with Crippen LogP contribution in [0.3, 0.4) is 0 Å². The minimum Gasteiger partial charge on any atom is -0.493 e. The predicted molar refractivity (Wildman–Crippen MR) is 88.1 cm³/mol. The van der Waals surface area contributed by atoms with Gasteiger partial charge in [0, 0.05) is 30.9 Å². The molecule has 0 spiro atoms. The summed E-state index contributed by atoms with van der Waals surface area (Å²) in [6.45, 7) is 2.86. The number of hydrogen-bond acceptors (Lipinski definition) is 6. The largest absolute Gasteiger partial charge is 0.493 e. The van der Waals surface area contributed by atoms with Gasteiger partial charge >= 0.3 is 0 Å². The summed E-state index contributed by atoms with van der Waals surface area (Å²) in [6.07, 6.45) is 5.40. The highest BCUT2D eigenvalue weighted by Gasteiger charge is 2.12. The Kier molecular flexibility index (Phi) is 4.79. The van der Waals surface area contributed by atoms with Crippen LogP contribution in [0.15, 0.2) is 35.1 Å². The van der Waals surface area contributed by atoms with Crippen molar-refractivity contribution in [2.45, 2.75) is 26.3 Å². The molecular weight excluding hydrogens is 308 g/mol. The summed E-state index contributed by atoms with van der Waals surface area (Å²) < 4.78 is 18.0. The summed E-state index contributed by atoms with van der Waals surface area (Å²) in [4.78, 5) is 8.66. The first kappa shape index (κ1) is 16.0. The molecule has 0 radical (unpaired) electrons. The maximum Gasteiger partial charge on any atom is 0.227 e. The third-order valence-corrected chi connectivity index (χ3v) is 3.82. The molecule has 2 heterocycles. The molecule has 126 valence electrons. The maximum atomic E-state index is 5.34. The first-order valence-corrected chi connectivity index (χ1v) is 7.74. The van der Waals surface area contributed by atoms with Crippen LogP contribution in [0.25, 0.3) is 11.4 Å². The second-order valence-corrected chi connectivity index (χ2v) is 5.35. The van der Waals surface area contributed by atoms with E-state index in [1.54, 1.807) is 20.4 Å². The van der Waals surface area contributed by atoms with Gasteiger partial charge in [-0.2, -0.15) is 4.98 Å². The van der Waals surface area contributed by atoms with Gasteiger partial charge in [-0.1, -0.05) is 5.16 Å². The van der Waals surface area contributed by atoms with E-state index in [0.29, 0.717) is 23.2 Å². The molecule has 7 heteroatoms. The summed E-state index contributed by atoms with van der Waals surface area (Å²) in [7, 11) is 3.20. The van der Waals surface area contributed by atoms with Crippen LogP contribution in [0.1, 0.15) is 18.1 Å². The molecule has 0 aliphatic rings. The molecule has 0 saturated heterocycles. The van der Waals surface area contributed by atoms with Crippen LogP contribution < -0.4 is 9.47 Å². The highest BCUT2D eigenvalue weighted by molar-refractivity contribution is 5.60. The van der Waals surface area contributed by atoms with Gasteiger partial charge < -0.3 is 18.6 Å². The van der Waals surface area contributed by atoms with Crippen LogP contribution in [0.5, 0.6) is 11.5 Å². The minimum absolute atomic E-state index is 0.546. The fourth-order valence-electron chi connectivity index (χ4n) is 2.49. The summed E-state index contributed by atoms with van der Waals surface area (Å²) in [5.74, 6) is 3.48. The summed E-state index contributed by atoms with van der Waals surface area (Å²) >= 11 is 0. The second kappa shape index (κ2) is 7.16. The number of nitrogens with zero attached hydrogens (tertiary/aromatic N) is 4. The lowest BCUT2D eigenvalue weighted by Gasteiger charge is -2.07. The molecule has 0 fully saturated rings. The van der Waals surface area contributed by atoms with Gasteiger partial charge in [0.25, 0.3) is 0 Å². The van der Waals surface area contributed by atoms with Crippen molar-refractivity contribution in [2.75, 3.05) is 14.2 Å². The fraction of sp³-hybridized carbons (Fsp3) is 0.353. The quantitative estimate of drug-likeness (QED) is 0.664. The van der Waals surface area contributed by atoms with Gasteiger partial charge in [-0.15, -0.1) is 0 Å². The minimum atomic E-state index is 0.546. The number of aryl methyl sites for hydroxylation is 3. The van der Waals surface area contributed by atoms with Gasteiger partial charge in [-0.25, -0.2) is 4.98 Å². The zero-order valence-electron chi connectivity index (χ0n) is 14.0. The number of aromatic nitrogens is 4.